The van der Waals surface area contributed by atoms with Crippen LogP contribution in [-0.4, -0.2) is 47.1 Å². The summed E-state index contributed by atoms with van der Waals surface area (Å²) in [5, 5.41) is 3.35. The van der Waals surface area contributed by atoms with Gasteiger partial charge < -0.3 is 15.0 Å². The molecule has 0 spiro atoms. The Morgan fingerprint density at radius 2 is 1.76 bits per heavy atom. The van der Waals surface area contributed by atoms with Crippen molar-refractivity contribution in [2.45, 2.75) is 39.9 Å². The number of nitrogens with zero attached hydrogens (tertiary/aromatic N) is 3. The van der Waals surface area contributed by atoms with Crippen molar-refractivity contribution in [2.75, 3.05) is 20.7 Å². The molecule has 0 bridgehead atoms. The predicted molar refractivity (Wildman–Crippen MR) is 149 cm³/mol. The first-order chi connectivity index (χ1) is 17.8. The first-order valence-electron chi connectivity index (χ1n) is 12.5. The standard InChI is InChI=1S/C30H34N4O3/c1-6-33(4)18-21-9-7-10-22(15-21)23-13-14-27-26(17-23)30(36)34(19-28(35)31-20(2)3)29(32-27)24-11-8-12-25(16-24)37-5/h7-17,20H,6,18-19H2,1-5H3,(H,31,35). The van der Waals surface area contributed by atoms with Gasteiger partial charge in [0.15, 0.2) is 0 Å². The number of hydrogen-bond donors (Lipinski definition) is 1. The van der Waals surface area contributed by atoms with E-state index in [1.807, 2.05) is 68.4 Å². The van der Waals surface area contributed by atoms with Crippen molar-refractivity contribution >= 4 is 16.8 Å². The number of carbonyl (C=O) groups excluding carboxylic acids is 1. The topological polar surface area (TPSA) is 76.5 Å². The maximum absolute atomic E-state index is 13.8. The predicted octanol–water partition coefficient (Wildman–Crippen LogP) is 4.72. The average molecular weight is 499 g/mol. The summed E-state index contributed by atoms with van der Waals surface area (Å²) in [6.07, 6.45) is 0. The van der Waals surface area contributed by atoms with Crippen molar-refractivity contribution in [3.8, 4) is 28.3 Å². The molecule has 0 radical (unpaired) electrons. The molecule has 4 rings (SSSR count). The zero-order valence-electron chi connectivity index (χ0n) is 22.1. The lowest BCUT2D eigenvalue weighted by molar-refractivity contribution is -0.122. The molecule has 0 unspecified atom stereocenters. The van der Waals surface area contributed by atoms with E-state index in [0.29, 0.717) is 28.0 Å². The Hall–Kier alpha value is -3.97. The van der Waals surface area contributed by atoms with Crippen LogP contribution in [0.2, 0.25) is 0 Å². The van der Waals surface area contributed by atoms with Gasteiger partial charge in [0.25, 0.3) is 5.56 Å². The zero-order valence-corrected chi connectivity index (χ0v) is 22.1. The van der Waals surface area contributed by atoms with Gasteiger partial charge in [0.1, 0.15) is 18.1 Å². The first-order valence-corrected chi connectivity index (χ1v) is 12.5. The van der Waals surface area contributed by atoms with E-state index in [-0.39, 0.29) is 24.1 Å². The molecule has 7 nitrogen and oxygen atoms in total. The molecule has 4 aromatic rings. The average Bonchev–Trinajstić information content (AvgIpc) is 2.89. The van der Waals surface area contributed by atoms with Gasteiger partial charge in [-0.2, -0.15) is 0 Å². The van der Waals surface area contributed by atoms with Crippen molar-refractivity contribution in [3.63, 3.8) is 0 Å². The third kappa shape index (κ3) is 6.06. The van der Waals surface area contributed by atoms with Crippen molar-refractivity contribution < 1.29 is 9.53 Å². The molecule has 192 valence electrons. The Balaban J connectivity index is 1.85. The van der Waals surface area contributed by atoms with E-state index in [2.05, 4.69) is 36.3 Å². The minimum absolute atomic E-state index is 0.0393. The number of nitrogens with one attached hydrogen (secondary N) is 1. The molecule has 0 saturated heterocycles. The summed E-state index contributed by atoms with van der Waals surface area (Å²) in [5.41, 5.74) is 4.19. The minimum atomic E-state index is -0.259. The van der Waals surface area contributed by atoms with E-state index in [4.69, 9.17) is 9.72 Å². The molecule has 1 amide bonds. The van der Waals surface area contributed by atoms with Crippen LogP contribution < -0.4 is 15.6 Å². The molecule has 0 aliphatic heterocycles. The molecule has 1 aromatic heterocycles. The summed E-state index contributed by atoms with van der Waals surface area (Å²) >= 11 is 0. The molecule has 3 aromatic carbocycles. The summed E-state index contributed by atoms with van der Waals surface area (Å²) in [6.45, 7) is 7.59. The molecule has 0 saturated carbocycles. The number of carbonyl (C=O) groups is 1. The highest BCUT2D eigenvalue weighted by atomic mass is 16.5. The smallest absolute Gasteiger partial charge is 0.262 e. The van der Waals surface area contributed by atoms with Crippen LogP contribution in [-0.2, 0) is 17.9 Å². The van der Waals surface area contributed by atoms with Gasteiger partial charge in [0.05, 0.1) is 18.0 Å². The summed E-state index contributed by atoms with van der Waals surface area (Å²) in [5.74, 6) is 0.827. The number of rotatable bonds is 9. The largest absolute Gasteiger partial charge is 0.497 e. The van der Waals surface area contributed by atoms with E-state index in [1.54, 1.807) is 7.11 Å². The molecule has 0 atom stereocenters. The first kappa shape index (κ1) is 26.1. The van der Waals surface area contributed by atoms with E-state index in [0.717, 1.165) is 24.2 Å². The Kier molecular flexibility index (Phi) is 8.04. The third-order valence-corrected chi connectivity index (χ3v) is 6.29. The molecule has 1 N–H and O–H groups in total. The van der Waals surface area contributed by atoms with Crippen molar-refractivity contribution in [1.29, 1.82) is 0 Å². The maximum atomic E-state index is 13.8. The number of benzene rings is 3. The van der Waals surface area contributed by atoms with Gasteiger partial charge in [-0.3, -0.25) is 14.2 Å². The van der Waals surface area contributed by atoms with Crippen LogP contribution in [0.3, 0.4) is 0 Å². The van der Waals surface area contributed by atoms with E-state index >= 15 is 0 Å². The zero-order chi connectivity index (χ0) is 26.5. The van der Waals surface area contributed by atoms with Gasteiger partial charge >= 0.3 is 0 Å². The quantitative estimate of drug-likeness (QED) is 0.362. The van der Waals surface area contributed by atoms with Crippen LogP contribution >= 0.6 is 0 Å². The van der Waals surface area contributed by atoms with Crippen LogP contribution in [0.4, 0.5) is 0 Å². The second-order valence-electron chi connectivity index (χ2n) is 9.54. The Morgan fingerprint density at radius 3 is 2.49 bits per heavy atom. The highest BCUT2D eigenvalue weighted by molar-refractivity contribution is 5.86. The van der Waals surface area contributed by atoms with E-state index in [9.17, 15) is 9.59 Å². The Bertz CT molecular complexity index is 1480. The normalized spacial score (nSPS) is 11.3. The van der Waals surface area contributed by atoms with Gasteiger partial charge in [-0.05, 0) is 74.5 Å². The van der Waals surface area contributed by atoms with Gasteiger partial charge in [-0.25, -0.2) is 4.98 Å². The summed E-state index contributed by atoms with van der Waals surface area (Å²) in [4.78, 5) is 33.6. The molecule has 37 heavy (non-hydrogen) atoms. The van der Waals surface area contributed by atoms with Crippen molar-refractivity contribution in [2.24, 2.45) is 0 Å². The second-order valence-corrected chi connectivity index (χ2v) is 9.54. The van der Waals surface area contributed by atoms with Crippen LogP contribution in [0, 0.1) is 0 Å². The number of ether oxygens (including phenoxy) is 1. The van der Waals surface area contributed by atoms with Crippen molar-refractivity contribution in [1.82, 2.24) is 19.8 Å². The number of aromatic nitrogens is 2. The number of methoxy groups -OCH3 is 1. The summed E-state index contributed by atoms with van der Waals surface area (Å²) in [6, 6.07) is 21.4. The van der Waals surface area contributed by atoms with E-state index < -0.39 is 0 Å². The lowest BCUT2D eigenvalue weighted by Crippen LogP contribution is -2.37. The molecule has 7 heteroatoms. The molecular formula is C30H34N4O3. The monoisotopic (exact) mass is 498 g/mol. The second kappa shape index (κ2) is 11.4. The molecule has 0 aliphatic carbocycles. The molecular weight excluding hydrogens is 464 g/mol. The highest BCUT2D eigenvalue weighted by Crippen LogP contribution is 2.27. The third-order valence-electron chi connectivity index (χ3n) is 6.29. The molecule has 1 heterocycles. The SMILES string of the molecule is CCN(C)Cc1cccc(-c2ccc3nc(-c4cccc(OC)c4)n(CC(=O)NC(C)C)c(=O)c3c2)c1. The minimum Gasteiger partial charge on any atom is -0.497 e. The van der Waals surface area contributed by atoms with Gasteiger partial charge in [0, 0.05) is 18.2 Å². The lowest BCUT2D eigenvalue weighted by atomic mass is 10.0. The summed E-state index contributed by atoms with van der Waals surface area (Å²) in [7, 11) is 3.68. The van der Waals surface area contributed by atoms with Gasteiger partial charge in [-0.15, -0.1) is 0 Å². The van der Waals surface area contributed by atoms with Crippen LogP contribution in [0.25, 0.3) is 33.4 Å². The highest BCUT2D eigenvalue weighted by Gasteiger charge is 2.17. The fraction of sp³-hybridized carbons (Fsp3) is 0.300. The maximum Gasteiger partial charge on any atom is 0.262 e. The van der Waals surface area contributed by atoms with E-state index in [1.165, 1.54) is 10.1 Å². The number of hydrogen-bond acceptors (Lipinski definition) is 5. The fourth-order valence-corrected chi connectivity index (χ4v) is 4.31. The lowest BCUT2D eigenvalue weighted by Gasteiger charge is -2.16. The van der Waals surface area contributed by atoms with Crippen LogP contribution in [0.15, 0.2) is 71.5 Å². The van der Waals surface area contributed by atoms with Gasteiger partial charge in [0.2, 0.25) is 5.91 Å². The van der Waals surface area contributed by atoms with Gasteiger partial charge in [-0.1, -0.05) is 43.3 Å². The van der Waals surface area contributed by atoms with Crippen LogP contribution in [0.5, 0.6) is 5.75 Å². The molecule has 0 aliphatic rings. The van der Waals surface area contributed by atoms with Crippen molar-refractivity contribution in [3.05, 3.63) is 82.6 Å². The van der Waals surface area contributed by atoms with Crippen LogP contribution in [0.1, 0.15) is 26.3 Å². The fourth-order valence-electron chi connectivity index (χ4n) is 4.31. The molecule has 0 fully saturated rings. The Morgan fingerprint density at radius 1 is 1.03 bits per heavy atom. The number of amides is 1. The Labute approximate surface area is 217 Å². The number of fused-ring (bicyclic) bond motifs is 1. The summed E-state index contributed by atoms with van der Waals surface area (Å²) < 4.78 is 6.83.